The molecule has 0 saturated carbocycles. The predicted molar refractivity (Wildman–Crippen MR) is 76.9 cm³/mol. The van der Waals surface area contributed by atoms with Gasteiger partial charge in [0.05, 0.1) is 0 Å². The zero-order chi connectivity index (χ0) is 15.1. The molecule has 0 radical (unpaired) electrons. The first-order valence-corrected chi connectivity index (χ1v) is 7.04. The fraction of sp³-hybridized carbons (Fsp3) is 0.267. The average Bonchev–Trinajstić information content (AvgIpc) is 2.97. The van der Waals surface area contributed by atoms with Crippen LogP contribution in [0.5, 0.6) is 0 Å². The molecule has 1 aromatic carbocycles. The van der Waals surface area contributed by atoms with E-state index < -0.39 is 12.2 Å². The van der Waals surface area contributed by atoms with Crippen molar-refractivity contribution in [2.45, 2.75) is 19.4 Å². The van der Waals surface area contributed by atoms with E-state index >= 15 is 0 Å². The molecule has 22 heavy (non-hydrogen) atoms. The lowest BCUT2D eigenvalue weighted by Crippen LogP contribution is -2.31. The maximum atomic E-state index is 12.9. The van der Waals surface area contributed by atoms with Gasteiger partial charge >= 0.3 is 0 Å². The molecule has 0 amide bonds. The molecule has 3 aromatic rings. The highest BCUT2D eigenvalue weighted by Gasteiger charge is 2.20. The lowest BCUT2D eigenvalue weighted by atomic mass is 10.00. The van der Waals surface area contributed by atoms with Crippen LogP contribution in [0.2, 0.25) is 0 Å². The molecule has 1 aliphatic heterocycles. The maximum Gasteiger partial charge on any atom is 0.299 e. The fourth-order valence-electron chi connectivity index (χ4n) is 2.79. The number of rotatable bonds is 2. The Bertz CT molecular complexity index is 830. The van der Waals surface area contributed by atoms with Crippen LogP contribution in [-0.2, 0) is 13.0 Å². The third kappa shape index (κ3) is 2.09. The zero-order valence-electron chi connectivity index (χ0n) is 11.7. The smallest absolute Gasteiger partial charge is 0.299 e. The average molecular weight is 301 g/mol. The summed E-state index contributed by atoms with van der Waals surface area (Å²) in [6.07, 6.45) is -1.78. The van der Waals surface area contributed by atoms with Crippen molar-refractivity contribution >= 4 is 11.5 Å². The molecule has 0 aliphatic carbocycles. The molecule has 5 nitrogen and oxygen atoms in total. The summed E-state index contributed by atoms with van der Waals surface area (Å²) < 4.78 is 27.0. The van der Waals surface area contributed by atoms with Crippen molar-refractivity contribution in [2.75, 3.05) is 11.4 Å². The van der Waals surface area contributed by atoms with Crippen LogP contribution < -0.4 is 4.90 Å². The van der Waals surface area contributed by atoms with Gasteiger partial charge in [0.15, 0.2) is 5.65 Å². The molecule has 0 saturated heterocycles. The molecule has 2 aromatic heterocycles. The summed E-state index contributed by atoms with van der Waals surface area (Å²) in [5.74, 6) is 0.234. The second-order valence-electron chi connectivity index (χ2n) is 5.26. The van der Waals surface area contributed by atoms with E-state index in [1.165, 1.54) is 11.1 Å². The van der Waals surface area contributed by atoms with Gasteiger partial charge in [0.25, 0.3) is 6.43 Å². The van der Waals surface area contributed by atoms with Gasteiger partial charge in [0.2, 0.25) is 5.82 Å². The van der Waals surface area contributed by atoms with Crippen molar-refractivity contribution < 1.29 is 8.78 Å². The molecular weight excluding hydrogens is 288 g/mol. The van der Waals surface area contributed by atoms with Crippen LogP contribution in [0, 0.1) is 0 Å². The fourth-order valence-corrected chi connectivity index (χ4v) is 2.79. The van der Waals surface area contributed by atoms with Gasteiger partial charge in [-0.3, -0.25) is 0 Å². The van der Waals surface area contributed by atoms with Crippen molar-refractivity contribution in [2.24, 2.45) is 0 Å². The van der Waals surface area contributed by atoms with Crippen LogP contribution in [0.15, 0.2) is 36.4 Å². The van der Waals surface area contributed by atoms with Crippen LogP contribution in [0.3, 0.4) is 0 Å². The third-order valence-corrected chi connectivity index (χ3v) is 3.92. The summed E-state index contributed by atoms with van der Waals surface area (Å²) >= 11 is 0. The summed E-state index contributed by atoms with van der Waals surface area (Å²) in [5, 5.41) is 11.5. The van der Waals surface area contributed by atoms with E-state index in [0.29, 0.717) is 11.5 Å². The maximum absolute atomic E-state index is 12.9. The molecule has 0 unspecified atom stereocenters. The molecule has 3 heterocycles. The van der Waals surface area contributed by atoms with E-state index in [1.807, 2.05) is 12.1 Å². The van der Waals surface area contributed by atoms with E-state index in [-0.39, 0.29) is 0 Å². The van der Waals surface area contributed by atoms with E-state index in [9.17, 15) is 8.78 Å². The largest absolute Gasteiger partial charge is 0.351 e. The predicted octanol–water partition coefficient (Wildman–Crippen LogP) is 2.62. The molecular formula is C15H13F2N5. The quantitative estimate of drug-likeness (QED) is 0.730. The lowest BCUT2D eigenvalue weighted by Gasteiger charge is -2.29. The van der Waals surface area contributed by atoms with Crippen molar-refractivity contribution in [3.63, 3.8) is 0 Å². The third-order valence-electron chi connectivity index (χ3n) is 3.92. The topological polar surface area (TPSA) is 46.3 Å². The summed E-state index contributed by atoms with van der Waals surface area (Å²) in [4.78, 5) is 2.08. The van der Waals surface area contributed by atoms with Crippen LogP contribution in [-0.4, -0.2) is 26.4 Å². The second-order valence-corrected chi connectivity index (χ2v) is 5.26. The van der Waals surface area contributed by atoms with Gasteiger partial charge in [-0.1, -0.05) is 24.3 Å². The Labute approximate surface area is 125 Å². The van der Waals surface area contributed by atoms with Crippen LogP contribution in [0.4, 0.5) is 14.6 Å². The molecule has 0 spiro atoms. The Kier molecular flexibility index (Phi) is 2.99. The van der Waals surface area contributed by atoms with Crippen molar-refractivity contribution in [3.8, 4) is 0 Å². The summed E-state index contributed by atoms with van der Waals surface area (Å²) in [6, 6.07) is 11.7. The highest BCUT2D eigenvalue weighted by Crippen LogP contribution is 2.24. The van der Waals surface area contributed by atoms with E-state index in [1.54, 1.807) is 12.1 Å². The van der Waals surface area contributed by atoms with Gasteiger partial charge in [-0.25, -0.2) is 8.78 Å². The molecule has 0 N–H and O–H groups in total. The first kappa shape index (κ1) is 13.1. The number of halogens is 2. The normalized spacial score (nSPS) is 14.6. The number of anilines is 1. The number of aromatic nitrogens is 4. The minimum Gasteiger partial charge on any atom is -0.351 e. The van der Waals surface area contributed by atoms with Gasteiger partial charge in [-0.2, -0.15) is 4.52 Å². The SMILES string of the molecule is FC(F)c1nnc2ccc(N3CCc4ccccc4C3)nn12. The van der Waals surface area contributed by atoms with Crippen molar-refractivity contribution in [1.29, 1.82) is 0 Å². The Morgan fingerprint density at radius 3 is 2.64 bits per heavy atom. The first-order chi connectivity index (χ1) is 10.7. The minimum absolute atomic E-state index is 0.330. The van der Waals surface area contributed by atoms with Gasteiger partial charge in [-0.05, 0) is 29.7 Å². The first-order valence-electron chi connectivity index (χ1n) is 7.04. The highest BCUT2D eigenvalue weighted by molar-refractivity contribution is 5.48. The molecule has 0 fully saturated rings. The van der Waals surface area contributed by atoms with Gasteiger partial charge in [0.1, 0.15) is 5.82 Å². The molecule has 7 heteroatoms. The number of hydrogen-bond donors (Lipinski definition) is 0. The second kappa shape index (κ2) is 5.01. The number of nitrogens with zero attached hydrogens (tertiary/aromatic N) is 5. The monoisotopic (exact) mass is 301 g/mol. The van der Waals surface area contributed by atoms with Gasteiger partial charge < -0.3 is 4.90 Å². The zero-order valence-corrected chi connectivity index (χ0v) is 11.7. The molecule has 4 rings (SSSR count). The molecule has 1 aliphatic rings. The molecule has 0 atom stereocenters. The number of hydrogen-bond acceptors (Lipinski definition) is 4. The van der Waals surface area contributed by atoms with Crippen molar-refractivity contribution in [1.82, 2.24) is 19.8 Å². The highest BCUT2D eigenvalue weighted by atomic mass is 19.3. The number of benzene rings is 1. The minimum atomic E-state index is -2.69. The summed E-state index contributed by atoms with van der Waals surface area (Å²) in [7, 11) is 0. The van der Waals surface area contributed by atoms with E-state index in [2.05, 4.69) is 32.3 Å². The van der Waals surface area contributed by atoms with Gasteiger partial charge in [0, 0.05) is 13.1 Å². The Morgan fingerprint density at radius 2 is 1.82 bits per heavy atom. The van der Waals surface area contributed by atoms with Gasteiger partial charge in [-0.15, -0.1) is 15.3 Å². The van der Waals surface area contributed by atoms with E-state index in [4.69, 9.17) is 0 Å². The Morgan fingerprint density at radius 1 is 1.00 bits per heavy atom. The number of alkyl halides is 2. The summed E-state index contributed by atoms with van der Waals surface area (Å²) in [6.45, 7) is 1.53. The van der Waals surface area contributed by atoms with Crippen LogP contribution in [0.25, 0.3) is 5.65 Å². The standard InChI is InChI=1S/C15H13F2N5/c16-14(17)15-19-18-12-5-6-13(20-22(12)15)21-8-7-10-3-1-2-4-11(10)9-21/h1-6,14H,7-9H2. The van der Waals surface area contributed by atoms with Crippen LogP contribution >= 0.6 is 0 Å². The Balaban J connectivity index is 1.71. The van der Waals surface area contributed by atoms with Crippen LogP contribution in [0.1, 0.15) is 23.4 Å². The number of fused-ring (bicyclic) bond motifs is 2. The van der Waals surface area contributed by atoms with E-state index in [0.717, 1.165) is 24.0 Å². The lowest BCUT2D eigenvalue weighted by molar-refractivity contribution is 0.137. The summed E-state index contributed by atoms with van der Waals surface area (Å²) in [5.41, 5.74) is 2.90. The van der Waals surface area contributed by atoms with Crippen molar-refractivity contribution in [3.05, 3.63) is 53.3 Å². The Hall–Kier alpha value is -2.57. The molecule has 112 valence electrons. The molecule has 0 bridgehead atoms.